The summed E-state index contributed by atoms with van der Waals surface area (Å²) in [5, 5.41) is 0.258. The molecule has 0 fully saturated rings. The number of hydrogen-bond donors (Lipinski definition) is 0. The summed E-state index contributed by atoms with van der Waals surface area (Å²) in [6.45, 7) is 2.64. The van der Waals surface area contributed by atoms with Gasteiger partial charge >= 0.3 is 0 Å². The molecule has 3 rings (SSSR count). The fourth-order valence-electron chi connectivity index (χ4n) is 2.47. The second-order valence-electron chi connectivity index (χ2n) is 4.49. The molecule has 1 aromatic rings. The lowest BCUT2D eigenvalue weighted by Crippen LogP contribution is -2.52. The third-order valence-electron chi connectivity index (χ3n) is 3.51. The van der Waals surface area contributed by atoms with Gasteiger partial charge in [0.15, 0.2) is 5.82 Å². The molecular weight excluding hydrogens is 240 g/mol. The first kappa shape index (κ1) is 10.8. The van der Waals surface area contributed by atoms with Gasteiger partial charge in [0.1, 0.15) is 11.7 Å². The molecule has 0 saturated carbocycles. The molecule has 0 aromatic carbocycles. The van der Waals surface area contributed by atoms with Crippen molar-refractivity contribution < 1.29 is 4.79 Å². The van der Waals surface area contributed by atoms with Crippen LogP contribution in [0.2, 0.25) is 5.28 Å². The molecule has 0 unspecified atom stereocenters. The first-order valence-electron chi connectivity index (χ1n) is 5.70. The number of amides is 1. The summed E-state index contributed by atoms with van der Waals surface area (Å²) in [6, 6.07) is -0.195. The van der Waals surface area contributed by atoms with Gasteiger partial charge in [0, 0.05) is 13.6 Å². The molecule has 0 aliphatic carbocycles. The zero-order valence-electron chi connectivity index (χ0n) is 9.77. The summed E-state index contributed by atoms with van der Waals surface area (Å²) in [5.41, 5.74) is 1.74. The van der Waals surface area contributed by atoms with E-state index in [4.69, 9.17) is 11.6 Å². The highest BCUT2D eigenvalue weighted by Crippen LogP contribution is 2.39. The number of likely N-dealkylation sites (N-methyl/N-ethyl adjacent to an activating group) is 1. The Balaban J connectivity index is 2.26. The molecule has 1 aromatic heterocycles. The fraction of sp³-hybridized carbons (Fsp3) is 0.545. The van der Waals surface area contributed by atoms with Gasteiger partial charge in [-0.25, -0.2) is 4.98 Å². The molecule has 90 valence electrons. The second kappa shape index (κ2) is 3.57. The van der Waals surface area contributed by atoms with E-state index in [0.717, 1.165) is 36.6 Å². The van der Waals surface area contributed by atoms with Gasteiger partial charge in [-0.1, -0.05) is 0 Å². The predicted octanol–water partition coefficient (Wildman–Crippen LogP) is 1.25. The smallest absolute Gasteiger partial charge is 0.249 e. The summed E-state index contributed by atoms with van der Waals surface area (Å²) in [7, 11) is 1.87. The van der Waals surface area contributed by atoms with E-state index in [-0.39, 0.29) is 17.2 Å². The van der Waals surface area contributed by atoms with E-state index in [1.165, 1.54) is 0 Å². The average Bonchev–Trinajstić information content (AvgIpc) is 2.32. The molecule has 0 N–H and O–H groups in total. The summed E-state index contributed by atoms with van der Waals surface area (Å²) in [4.78, 5) is 24.4. The van der Waals surface area contributed by atoms with Gasteiger partial charge in [0.05, 0.1) is 5.69 Å². The maximum absolute atomic E-state index is 12.2. The Hall–Kier alpha value is -1.36. The molecule has 2 aliphatic heterocycles. The van der Waals surface area contributed by atoms with Gasteiger partial charge in [0.2, 0.25) is 11.2 Å². The molecule has 0 spiro atoms. The minimum absolute atomic E-state index is 0.117. The first-order chi connectivity index (χ1) is 8.09. The molecular formula is C11H13ClN4O. The van der Waals surface area contributed by atoms with E-state index in [1.807, 2.05) is 18.9 Å². The standard InChI is InChI=1S/C11H13ClN4O/c1-6-10(17)16-5-3-4-7-8(16)9(15(6)2)14-11(12)13-7/h6H,3-5H2,1-2H3/t6-/m0/s1. The van der Waals surface area contributed by atoms with Crippen molar-refractivity contribution in [2.24, 2.45) is 0 Å². The fourth-order valence-corrected chi connectivity index (χ4v) is 2.65. The molecule has 1 amide bonds. The number of aryl methyl sites for hydroxylation is 1. The number of carbonyl (C=O) groups is 1. The quantitative estimate of drug-likeness (QED) is 0.652. The van der Waals surface area contributed by atoms with Crippen LogP contribution in [0.3, 0.4) is 0 Å². The van der Waals surface area contributed by atoms with Crippen LogP contribution in [0.5, 0.6) is 0 Å². The lowest BCUT2D eigenvalue weighted by Gasteiger charge is -2.41. The number of rotatable bonds is 0. The van der Waals surface area contributed by atoms with Crippen LogP contribution in [0.15, 0.2) is 0 Å². The van der Waals surface area contributed by atoms with Crippen molar-refractivity contribution in [3.8, 4) is 0 Å². The molecule has 0 radical (unpaired) electrons. The van der Waals surface area contributed by atoms with Crippen LogP contribution in [-0.2, 0) is 11.2 Å². The van der Waals surface area contributed by atoms with Crippen molar-refractivity contribution in [1.82, 2.24) is 9.97 Å². The predicted molar refractivity (Wildman–Crippen MR) is 65.6 cm³/mol. The van der Waals surface area contributed by atoms with E-state index in [2.05, 4.69) is 9.97 Å². The first-order valence-corrected chi connectivity index (χ1v) is 6.08. The van der Waals surface area contributed by atoms with Gasteiger partial charge in [-0.3, -0.25) is 4.79 Å². The molecule has 0 saturated heterocycles. The van der Waals surface area contributed by atoms with Gasteiger partial charge in [0.25, 0.3) is 0 Å². The highest BCUT2D eigenvalue weighted by Gasteiger charge is 2.38. The molecule has 3 heterocycles. The highest BCUT2D eigenvalue weighted by molar-refractivity contribution is 6.28. The lowest BCUT2D eigenvalue weighted by molar-refractivity contribution is -0.119. The summed E-state index contributed by atoms with van der Waals surface area (Å²) < 4.78 is 0. The van der Waals surface area contributed by atoms with Gasteiger partial charge < -0.3 is 9.80 Å². The maximum Gasteiger partial charge on any atom is 0.249 e. The minimum Gasteiger partial charge on any atom is -0.346 e. The van der Waals surface area contributed by atoms with E-state index in [1.54, 1.807) is 4.90 Å². The van der Waals surface area contributed by atoms with Crippen molar-refractivity contribution in [3.05, 3.63) is 11.0 Å². The summed E-state index contributed by atoms with van der Waals surface area (Å²) in [6.07, 6.45) is 1.79. The molecule has 17 heavy (non-hydrogen) atoms. The highest BCUT2D eigenvalue weighted by atomic mass is 35.5. The number of aromatic nitrogens is 2. The third kappa shape index (κ3) is 1.42. The Morgan fingerprint density at radius 2 is 2.18 bits per heavy atom. The van der Waals surface area contributed by atoms with Gasteiger partial charge in [-0.15, -0.1) is 0 Å². The van der Waals surface area contributed by atoms with E-state index < -0.39 is 0 Å². The number of halogens is 1. The third-order valence-corrected chi connectivity index (χ3v) is 3.68. The Morgan fingerprint density at radius 1 is 1.41 bits per heavy atom. The Bertz CT molecular complexity index is 504. The van der Waals surface area contributed by atoms with Crippen LogP contribution >= 0.6 is 11.6 Å². The largest absolute Gasteiger partial charge is 0.346 e. The van der Waals surface area contributed by atoms with Crippen LogP contribution in [0.4, 0.5) is 11.5 Å². The number of carbonyl (C=O) groups excluding carboxylic acids is 1. The molecule has 5 nitrogen and oxygen atoms in total. The molecule has 1 atom stereocenters. The summed E-state index contributed by atoms with van der Waals surface area (Å²) >= 11 is 5.93. The topological polar surface area (TPSA) is 49.3 Å². The molecule has 0 bridgehead atoms. The van der Waals surface area contributed by atoms with Crippen LogP contribution in [-0.4, -0.2) is 35.5 Å². The van der Waals surface area contributed by atoms with E-state index in [9.17, 15) is 4.79 Å². The number of hydrogen-bond acceptors (Lipinski definition) is 4. The molecule has 2 aliphatic rings. The van der Waals surface area contributed by atoms with Crippen LogP contribution in [0.25, 0.3) is 0 Å². The van der Waals surface area contributed by atoms with Crippen LogP contribution < -0.4 is 9.80 Å². The zero-order chi connectivity index (χ0) is 12.2. The van der Waals surface area contributed by atoms with Crippen LogP contribution in [0, 0.1) is 0 Å². The Kier molecular flexibility index (Phi) is 2.26. The van der Waals surface area contributed by atoms with Crippen molar-refractivity contribution in [3.63, 3.8) is 0 Å². The lowest BCUT2D eigenvalue weighted by atomic mass is 10.0. The minimum atomic E-state index is -0.195. The second-order valence-corrected chi connectivity index (χ2v) is 4.83. The monoisotopic (exact) mass is 252 g/mol. The maximum atomic E-state index is 12.2. The van der Waals surface area contributed by atoms with E-state index >= 15 is 0 Å². The summed E-state index contributed by atoms with van der Waals surface area (Å²) in [5.74, 6) is 0.888. The van der Waals surface area contributed by atoms with Gasteiger partial charge in [-0.05, 0) is 31.4 Å². The normalized spacial score (nSPS) is 22.8. The van der Waals surface area contributed by atoms with E-state index in [0.29, 0.717) is 0 Å². The van der Waals surface area contributed by atoms with Crippen LogP contribution in [0.1, 0.15) is 19.0 Å². The average molecular weight is 253 g/mol. The van der Waals surface area contributed by atoms with Gasteiger partial charge in [-0.2, -0.15) is 4.98 Å². The zero-order valence-corrected chi connectivity index (χ0v) is 10.5. The van der Waals surface area contributed by atoms with Crippen molar-refractivity contribution in [1.29, 1.82) is 0 Å². The Labute approximate surface area is 104 Å². The number of nitrogens with zero attached hydrogens (tertiary/aromatic N) is 4. The van der Waals surface area contributed by atoms with Crippen molar-refractivity contribution in [2.45, 2.75) is 25.8 Å². The van der Waals surface area contributed by atoms with Crippen molar-refractivity contribution in [2.75, 3.05) is 23.4 Å². The molecule has 6 heteroatoms. The van der Waals surface area contributed by atoms with Crippen molar-refractivity contribution >= 4 is 29.0 Å². The number of anilines is 2. The Morgan fingerprint density at radius 3 is 2.94 bits per heavy atom. The SMILES string of the molecule is C[C@H]1C(=O)N2CCCc3nc(Cl)nc(c32)N1C.